The van der Waals surface area contributed by atoms with Crippen LogP contribution in [-0.2, 0) is 0 Å². The van der Waals surface area contributed by atoms with Gasteiger partial charge in [0.2, 0.25) is 0 Å². The zero-order valence-electron chi connectivity index (χ0n) is 6.19. The molecule has 6 heteroatoms. The lowest BCUT2D eigenvalue weighted by atomic mass is 10.1. The van der Waals surface area contributed by atoms with Crippen molar-refractivity contribution in [3.05, 3.63) is 10.1 Å². The number of aliphatic hydroxyl groups is 2. The maximum absolute atomic E-state index is 10.2. The summed E-state index contributed by atoms with van der Waals surface area (Å²) in [6.07, 6.45) is -1.20. The van der Waals surface area contributed by atoms with Crippen LogP contribution in [0.5, 0.6) is 0 Å². The van der Waals surface area contributed by atoms with Crippen LogP contribution in [0, 0.1) is 10.1 Å². The number of halogens is 1. The van der Waals surface area contributed by atoms with Gasteiger partial charge in [0, 0.05) is 4.92 Å². The van der Waals surface area contributed by atoms with Crippen molar-refractivity contribution < 1.29 is 15.1 Å². The third-order valence-corrected chi connectivity index (χ3v) is 1.69. The summed E-state index contributed by atoms with van der Waals surface area (Å²) in [5.41, 5.74) is 0. The van der Waals surface area contributed by atoms with Gasteiger partial charge < -0.3 is 10.2 Å². The van der Waals surface area contributed by atoms with Crippen molar-refractivity contribution in [3.63, 3.8) is 0 Å². The van der Waals surface area contributed by atoms with E-state index in [1.165, 1.54) is 13.8 Å². The lowest BCUT2D eigenvalue weighted by molar-refractivity contribution is -0.547. The molecule has 0 aromatic carbocycles. The Balaban J connectivity index is 4.49. The molecule has 0 heterocycles. The summed E-state index contributed by atoms with van der Waals surface area (Å²) in [6, 6.07) is -1.41. The minimum Gasteiger partial charge on any atom is -0.386 e. The molecule has 0 aliphatic heterocycles. The largest absolute Gasteiger partial charge is 0.386 e. The van der Waals surface area contributed by atoms with Gasteiger partial charge in [-0.15, -0.1) is 0 Å². The van der Waals surface area contributed by atoms with Crippen LogP contribution in [0.15, 0.2) is 0 Å². The SMILES string of the molecule is C[C@@H](O)[C@@H]([N+](=O)[O-])[C@](C)(O)Br. The third-order valence-electron chi connectivity index (χ3n) is 1.22. The molecule has 5 nitrogen and oxygen atoms in total. The van der Waals surface area contributed by atoms with E-state index in [0.717, 1.165) is 0 Å². The van der Waals surface area contributed by atoms with Gasteiger partial charge in [-0.2, -0.15) is 0 Å². The molecule has 0 bridgehead atoms. The topological polar surface area (TPSA) is 83.6 Å². The minimum absolute atomic E-state index is 0.723. The molecule has 0 saturated heterocycles. The van der Waals surface area contributed by atoms with Gasteiger partial charge in [0.05, 0.1) is 0 Å². The lowest BCUT2D eigenvalue weighted by Crippen LogP contribution is -2.46. The monoisotopic (exact) mass is 227 g/mol. The Morgan fingerprint density at radius 3 is 2.09 bits per heavy atom. The van der Waals surface area contributed by atoms with Crippen LogP contribution in [0.2, 0.25) is 0 Å². The summed E-state index contributed by atoms with van der Waals surface area (Å²) in [4.78, 5) is 9.52. The van der Waals surface area contributed by atoms with Gasteiger partial charge in [-0.1, -0.05) is 0 Å². The predicted molar refractivity (Wildman–Crippen MR) is 42.0 cm³/mol. The molecule has 2 N–H and O–H groups in total. The molecule has 0 aliphatic rings. The van der Waals surface area contributed by atoms with E-state index in [9.17, 15) is 10.1 Å². The second-order valence-electron chi connectivity index (χ2n) is 2.49. The van der Waals surface area contributed by atoms with E-state index >= 15 is 0 Å². The summed E-state index contributed by atoms with van der Waals surface area (Å²) in [6.45, 7) is 2.47. The molecule has 0 saturated carbocycles. The maximum atomic E-state index is 10.2. The number of aliphatic hydroxyl groups excluding tert-OH is 1. The molecular formula is C5H10BrNO4. The van der Waals surface area contributed by atoms with E-state index in [1.807, 2.05) is 0 Å². The number of hydrogen-bond acceptors (Lipinski definition) is 4. The van der Waals surface area contributed by atoms with Crippen LogP contribution in [0.25, 0.3) is 0 Å². The number of alkyl halides is 1. The second-order valence-corrected chi connectivity index (χ2v) is 4.10. The molecule has 66 valence electrons. The van der Waals surface area contributed by atoms with Crippen molar-refractivity contribution in [3.8, 4) is 0 Å². The zero-order valence-corrected chi connectivity index (χ0v) is 7.78. The van der Waals surface area contributed by atoms with Crippen molar-refractivity contribution in [2.75, 3.05) is 0 Å². The molecule has 3 atom stereocenters. The van der Waals surface area contributed by atoms with E-state index in [1.54, 1.807) is 0 Å². The molecule has 0 rings (SSSR count). The van der Waals surface area contributed by atoms with E-state index in [4.69, 9.17) is 10.2 Å². The van der Waals surface area contributed by atoms with E-state index < -0.39 is 21.6 Å². The molecule has 11 heavy (non-hydrogen) atoms. The fourth-order valence-corrected chi connectivity index (χ4v) is 1.36. The average Bonchev–Trinajstić information content (AvgIpc) is 1.54. The average molecular weight is 228 g/mol. The smallest absolute Gasteiger partial charge is 0.275 e. The first-order valence-electron chi connectivity index (χ1n) is 2.99. The Hall–Kier alpha value is -0.200. The fraction of sp³-hybridized carbons (Fsp3) is 1.00. The highest BCUT2D eigenvalue weighted by Crippen LogP contribution is 2.22. The highest BCUT2D eigenvalue weighted by atomic mass is 79.9. The molecule has 0 unspecified atom stereocenters. The first-order valence-corrected chi connectivity index (χ1v) is 3.79. The van der Waals surface area contributed by atoms with Crippen LogP contribution in [0.4, 0.5) is 0 Å². The number of nitro groups is 1. The van der Waals surface area contributed by atoms with Crippen LogP contribution in [-0.4, -0.2) is 31.8 Å². The first-order chi connectivity index (χ1) is 4.76. The summed E-state index contributed by atoms with van der Waals surface area (Å²) in [7, 11) is 0. The summed E-state index contributed by atoms with van der Waals surface area (Å²) in [5.74, 6) is 0. The summed E-state index contributed by atoms with van der Waals surface area (Å²) >= 11 is 2.70. The molecule has 0 spiro atoms. The minimum atomic E-state index is -1.68. The molecule has 0 aromatic heterocycles. The molecule has 0 amide bonds. The van der Waals surface area contributed by atoms with Crippen molar-refractivity contribution in [2.45, 2.75) is 30.5 Å². The zero-order chi connectivity index (χ0) is 9.23. The Kier molecular flexibility index (Phi) is 3.40. The van der Waals surface area contributed by atoms with E-state index in [2.05, 4.69) is 15.9 Å². The second kappa shape index (κ2) is 3.46. The number of nitrogens with zero attached hydrogens (tertiary/aromatic N) is 1. The highest BCUT2D eigenvalue weighted by Gasteiger charge is 2.42. The van der Waals surface area contributed by atoms with Gasteiger partial charge in [0.25, 0.3) is 6.04 Å². The van der Waals surface area contributed by atoms with Crippen molar-refractivity contribution in [2.24, 2.45) is 0 Å². The van der Waals surface area contributed by atoms with Crippen LogP contribution in [0.1, 0.15) is 13.8 Å². The van der Waals surface area contributed by atoms with Gasteiger partial charge in [0.15, 0.2) is 4.51 Å². The molecule has 0 aliphatic carbocycles. The lowest BCUT2D eigenvalue weighted by Gasteiger charge is -2.21. The van der Waals surface area contributed by atoms with Gasteiger partial charge in [-0.3, -0.25) is 10.1 Å². The molecule has 0 aromatic rings. The summed E-state index contributed by atoms with van der Waals surface area (Å²) < 4.78 is -1.68. The maximum Gasteiger partial charge on any atom is 0.275 e. The van der Waals surface area contributed by atoms with E-state index in [0.29, 0.717) is 0 Å². The van der Waals surface area contributed by atoms with Gasteiger partial charge >= 0.3 is 0 Å². The Bertz CT molecular complexity index is 153. The standard InChI is InChI=1S/C5H10BrNO4/c1-3(8)4(7(10)11)5(2,6)9/h3-4,8-9H,1-2H3/t3-,4-,5+/m1/s1. The fourth-order valence-electron chi connectivity index (χ4n) is 0.809. The van der Waals surface area contributed by atoms with Gasteiger partial charge in [-0.25, -0.2) is 0 Å². The third kappa shape index (κ3) is 3.13. The Morgan fingerprint density at radius 1 is 1.73 bits per heavy atom. The van der Waals surface area contributed by atoms with E-state index in [-0.39, 0.29) is 0 Å². The normalized spacial score (nSPS) is 21.9. The predicted octanol–water partition coefficient (Wildman–Crippen LogP) is 0.116. The first kappa shape index (κ1) is 10.8. The Morgan fingerprint density at radius 2 is 2.09 bits per heavy atom. The van der Waals surface area contributed by atoms with Crippen molar-refractivity contribution in [1.82, 2.24) is 0 Å². The highest BCUT2D eigenvalue weighted by molar-refractivity contribution is 9.10. The number of hydrogen-bond donors (Lipinski definition) is 2. The van der Waals surface area contributed by atoms with Gasteiger partial charge in [-0.05, 0) is 29.8 Å². The number of rotatable bonds is 3. The molecule has 0 fully saturated rings. The quantitative estimate of drug-likeness (QED) is 0.408. The van der Waals surface area contributed by atoms with Crippen molar-refractivity contribution in [1.29, 1.82) is 0 Å². The van der Waals surface area contributed by atoms with Crippen LogP contribution >= 0.6 is 15.9 Å². The van der Waals surface area contributed by atoms with Crippen molar-refractivity contribution >= 4 is 15.9 Å². The van der Waals surface area contributed by atoms with Crippen LogP contribution in [0.3, 0.4) is 0 Å². The van der Waals surface area contributed by atoms with Gasteiger partial charge in [0.1, 0.15) is 6.10 Å². The Labute approximate surface area is 72.3 Å². The summed E-state index contributed by atoms with van der Waals surface area (Å²) in [5, 5.41) is 28.3. The molecular weight excluding hydrogens is 218 g/mol. The molecule has 0 radical (unpaired) electrons. The van der Waals surface area contributed by atoms with Crippen LogP contribution < -0.4 is 0 Å².